The lowest BCUT2D eigenvalue weighted by Gasteiger charge is -2.18. The smallest absolute Gasteiger partial charge is 0.253 e. The Morgan fingerprint density at radius 2 is 1.54 bits per heavy atom. The molecule has 6 heteroatoms. The van der Waals surface area contributed by atoms with E-state index in [-0.39, 0.29) is 24.1 Å². The summed E-state index contributed by atoms with van der Waals surface area (Å²) in [5.74, 6) is -0.179. The van der Waals surface area contributed by atoms with Gasteiger partial charge in [-0.1, -0.05) is 32.9 Å². The minimum Gasteiger partial charge on any atom is -0.355 e. The number of hydrogen-bond donors (Lipinski definition) is 2. The summed E-state index contributed by atoms with van der Waals surface area (Å²) >= 11 is 0. The largest absolute Gasteiger partial charge is 0.355 e. The summed E-state index contributed by atoms with van der Waals surface area (Å²) < 4.78 is 0. The van der Waals surface area contributed by atoms with Crippen molar-refractivity contribution in [2.45, 2.75) is 47.6 Å². The summed E-state index contributed by atoms with van der Waals surface area (Å²) in [5, 5.41) is 5.57. The van der Waals surface area contributed by atoms with E-state index in [4.69, 9.17) is 0 Å². The molecule has 0 saturated carbocycles. The third-order valence-corrected chi connectivity index (χ3v) is 4.06. The molecular weight excluding hydrogens is 330 g/mol. The van der Waals surface area contributed by atoms with Gasteiger partial charge in [-0.2, -0.15) is 0 Å². The first kappa shape index (κ1) is 21.7. The molecule has 0 radical (unpaired) electrons. The van der Waals surface area contributed by atoms with Crippen LogP contribution in [0.1, 0.15) is 57.0 Å². The fourth-order valence-electron chi connectivity index (χ4n) is 2.30. The Hall–Kier alpha value is -2.37. The highest BCUT2D eigenvalue weighted by Gasteiger charge is 2.20. The Morgan fingerprint density at radius 3 is 2.04 bits per heavy atom. The number of benzene rings is 1. The molecule has 1 aromatic carbocycles. The molecule has 0 saturated heterocycles. The molecule has 1 rings (SSSR count). The maximum absolute atomic E-state index is 12.2. The first-order chi connectivity index (χ1) is 12.2. The van der Waals surface area contributed by atoms with Gasteiger partial charge in [0.05, 0.1) is 0 Å². The molecule has 6 nitrogen and oxygen atoms in total. The van der Waals surface area contributed by atoms with Crippen LogP contribution in [0, 0.1) is 5.41 Å². The first-order valence-electron chi connectivity index (χ1n) is 9.12. The third-order valence-electron chi connectivity index (χ3n) is 4.06. The SMILES string of the molecule is CCN(CC)C(=O)c1ccc(CNC(=O)CCNC(=O)C(C)(C)C)cc1. The molecule has 2 N–H and O–H groups in total. The standard InChI is InChI=1S/C20H31N3O3/c1-6-23(7-2)18(25)16-10-8-15(9-11-16)14-22-17(24)12-13-21-19(26)20(3,4)5/h8-11H,6-7,12-14H2,1-5H3,(H,21,26)(H,22,24). The van der Waals surface area contributed by atoms with Gasteiger partial charge in [-0.25, -0.2) is 0 Å². The van der Waals surface area contributed by atoms with Crippen molar-refractivity contribution in [2.75, 3.05) is 19.6 Å². The number of rotatable bonds is 8. The molecular formula is C20H31N3O3. The number of hydrogen-bond acceptors (Lipinski definition) is 3. The number of carbonyl (C=O) groups excluding carboxylic acids is 3. The molecule has 0 bridgehead atoms. The Morgan fingerprint density at radius 1 is 0.962 bits per heavy atom. The first-order valence-corrected chi connectivity index (χ1v) is 9.12. The lowest BCUT2D eigenvalue weighted by atomic mass is 9.96. The molecule has 0 unspecified atom stereocenters. The molecule has 1 aromatic rings. The highest BCUT2D eigenvalue weighted by atomic mass is 16.2. The van der Waals surface area contributed by atoms with E-state index in [1.165, 1.54) is 0 Å². The van der Waals surface area contributed by atoms with Crippen LogP contribution in [0.15, 0.2) is 24.3 Å². The van der Waals surface area contributed by atoms with Crippen molar-refractivity contribution in [2.24, 2.45) is 5.41 Å². The zero-order valence-corrected chi connectivity index (χ0v) is 16.5. The van der Waals surface area contributed by atoms with Crippen molar-refractivity contribution < 1.29 is 14.4 Å². The Bertz CT molecular complexity index is 614. The third kappa shape index (κ3) is 6.86. The van der Waals surface area contributed by atoms with Crippen molar-refractivity contribution in [3.8, 4) is 0 Å². The maximum atomic E-state index is 12.2. The van der Waals surface area contributed by atoms with Gasteiger partial charge in [0.1, 0.15) is 0 Å². The lowest BCUT2D eigenvalue weighted by molar-refractivity contribution is -0.128. The predicted molar refractivity (Wildman–Crippen MR) is 103 cm³/mol. The van der Waals surface area contributed by atoms with Crippen LogP contribution in [-0.4, -0.2) is 42.3 Å². The van der Waals surface area contributed by atoms with Crippen molar-refractivity contribution in [3.63, 3.8) is 0 Å². The van der Waals surface area contributed by atoms with Gasteiger partial charge < -0.3 is 15.5 Å². The molecule has 0 aliphatic carbocycles. The van der Waals surface area contributed by atoms with Crippen LogP contribution >= 0.6 is 0 Å². The minimum absolute atomic E-state index is 0.0141. The van der Waals surface area contributed by atoms with Gasteiger partial charge in [0.15, 0.2) is 0 Å². The predicted octanol–water partition coefficient (Wildman–Crippen LogP) is 2.34. The van der Waals surface area contributed by atoms with E-state index >= 15 is 0 Å². The summed E-state index contributed by atoms with van der Waals surface area (Å²) in [6.07, 6.45) is 0.236. The van der Waals surface area contributed by atoms with Crippen LogP contribution in [-0.2, 0) is 16.1 Å². The van der Waals surface area contributed by atoms with Gasteiger partial charge in [0, 0.05) is 43.6 Å². The van der Waals surface area contributed by atoms with Crippen LogP contribution in [0.3, 0.4) is 0 Å². The van der Waals surface area contributed by atoms with Crippen LogP contribution in [0.25, 0.3) is 0 Å². The normalized spacial score (nSPS) is 11.0. The maximum Gasteiger partial charge on any atom is 0.253 e. The van der Waals surface area contributed by atoms with Gasteiger partial charge in [0.2, 0.25) is 11.8 Å². The van der Waals surface area contributed by atoms with Gasteiger partial charge in [-0.3, -0.25) is 14.4 Å². The summed E-state index contributed by atoms with van der Waals surface area (Å²) in [6, 6.07) is 7.26. The second kappa shape index (κ2) is 9.94. The number of nitrogens with zero attached hydrogens (tertiary/aromatic N) is 1. The van der Waals surface area contributed by atoms with E-state index < -0.39 is 5.41 Å². The summed E-state index contributed by atoms with van der Waals surface area (Å²) in [5.41, 5.74) is 1.11. The molecule has 3 amide bonds. The van der Waals surface area contributed by atoms with Gasteiger partial charge >= 0.3 is 0 Å². The van der Waals surface area contributed by atoms with Crippen LogP contribution in [0.2, 0.25) is 0 Å². The number of nitrogens with one attached hydrogen (secondary N) is 2. The average molecular weight is 361 g/mol. The van der Waals surface area contributed by atoms with Gasteiger partial charge in [-0.05, 0) is 31.5 Å². The number of carbonyl (C=O) groups is 3. The van der Waals surface area contributed by atoms with Crippen LogP contribution < -0.4 is 10.6 Å². The quantitative estimate of drug-likeness (QED) is 0.746. The van der Waals surface area contributed by atoms with E-state index in [9.17, 15) is 14.4 Å². The molecule has 0 atom stereocenters. The van der Waals surface area contributed by atoms with Crippen molar-refractivity contribution in [1.29, 1.82) is 0 Å². The van der Waals surface area contributed by atoms with Crippen molar-refractivity contribution >= 4 is 17.7 Å². The molecule has 0 spiro atoms. The van der Waals surface area contributed by atoms with Crippen LogP contribution in [0.5, 0.6) is 0 Å². The summed E-state index contributed by atoms with van der Waals surface area (Å²) in [4.78, 5) is 37.6. The average Bonchev–Trinajstić information content (AvgIpc) is 2.60. The topological polar surface area (TPSA) is 78.5 Å². The molecule has 0 aromatic heterocycles. The molecule has 0 aliphatic heterocycles. The van der Waals surface area contributed by atoms with Crippen LogP contribution in [0.4, 0.5) is 0 Å². The fourth-order valence-corrected chi connectivity index (χ4v) is 2.30. The zero-order chi connectivity index (χ0) is 19.7. The Kier molecular flexibility index (Phi) is 8.29. The summed E-state index contributed by atoms with van der Waals surface area (Å²) in [6.45, 7) is 11.5. The summed E-state index contributed by atoms with van der Waals surface area (Å²) in [7, 11) is 0. The Balaban J connectivity index is 2.42. The van der Waals surface area contributed by atoms with E-state index in [0.717, 1.165) is 5.56 Å². The second-order valence-electron chi connectivity index (χ2n) is 7.21. The van der Waals surface area contributed by atoms with E-state index in [1.54, 1.807) is 17.0 Å². The monoisotopic (exact) mass is 361 g/mol. The fraction of sp³-hybridized carbons (Fsp3) is 0.550. The van der Waals surface area contributed by atoms with Gasteiger partial charge in [-0.15, -0.1) is 0 Å². The Labute approximate surface area is 156 Å². The van der Waals surface area contributed by atoms with Crippen molar-refractivity contribution in [1.82, 2.24) is 15.5 Å². The van der Waals surface area contributed by atoms with E-state index in [2.05, 4.69) is 10.6 Å². The molecule has 26 heavy (non-hydrogen) atoms. The van der Waals surface area contributed by atoms with E-state index in [0.29, 0.717) is 31.7 Å². The second-order valence-corrected chi connectivity index (χ2v) is 7.21. The zero-order valence-electron chi connectivity index (χ0n) is 16.5. The van der Waals surface area contributed by atoms with E-state index in [1.807, 2.05) is 46.8 Å². The highest BCUT2D eigenvalue weighted by molar-refractivity contribution is 5.94. The molecule has 0 heterocycles. The number of amides is 3. The molecule has 0 fully saturated rings. The van der Waals surface area contributed by atoms with Crippen molar-refractivity contribution in [3.05, 3.63) is 35.4 Å². The minimum atomic E-state index is -0.458. The molecule has 0 aliphatic rings. The lowest BCUT2D eigenvalue weighted by Crippen LogP contribution is -2.37. The van der Waals surface area contributed by atoms with Gasteiger partial charge in [0.25, 0.3) is 5.91 Å². The molecule has 144 valence electrons. The highest BCUT2D eigenvalue weighted by Crippen LogP contribution is 2.12.